The van der Waals surface area contributed by atoms with Crippen LogP contribution < -0.4 is 0 Å². The number of ether oxygens (including phenoxy) is 3. The number of rotatable bonds is 52. The molecule has 0 aliphatic rings. The molecule has 0 bridgehead atoms. The third-order valence-corrected chi connectivity index (χ3v) is 12.5. The van der Waals surface area contributed by atoms with Crippen LogP contribution in [0.4, 0.5) is 0 Å². The zero-order valence-corrected chi connectivity index (χ0v) is 48.3. The van der Waals surface area contributed by atoms with Crippen molar-refractivity contribution in [2.24, 2.45) is 0 Å². The molecule has 2 N–H and O–H groups in total. The molecule has 3 atom stereocenters. The summed E-state index contributed by atoms with van der Waals surface area (Å²) in [6.45, 7) is 4.24. The van der Waals surface area contributed by atoms with Crippen LogP contribution in [0.1, 0.15) is 213 Å². The number of carbonyl (C=O) groups is 3. The molecule has 76 heavy (non-hydrogen) atoms. The molecule has 0 aromatic carbocycles. The second kappa shape index (κ2) is 56.8. The first kappa shape index (κ1) is 71.6. The highest BCUT2D eigenvalue weighted by atomic mass is 31.2. The topological polar surface area (TPSA) is 155 Å². The number of allylic oxidation sites excluding steroid dienone is 22. The first-order valence-electron chi connectivity index (χ1n) is 29.1. The monoisotopic (exact) mass is 1080 g/mol. The molecular weight excluding hydrogens is 976 g/mol. The Morgan fingerprint density at radius 2 is 0.711 bits per heavy atom. The Balaban J connectivity index is 4.90. The molecule has 0 aliphatic heterocycles. The molecule has 11 nitrogen and oxygen atoms in total. The van der Waals surface area contributed by atoms with Crippen molar-refractivity contribution in [1.82, 2.24) is 0 Å². The van der Waals surface area contributed by atoms with Crippen molar-refractivity contribution >= 4 is 25.7 Å². The molecule has 0 aliphatic carbocycles. The van der Waals surface area contributed by atoms with E-state index in [-0.39, 0.29) is 25.9 Å². The van der Waals surface area contributed by atoms with Gasteiger partial charge in [-0.2, -0.15) is 0 Å². The van der Waals surface area contributed by atoms with Gasteiger partial charge in [-0.15, -0.1) is 0 Å². The lowest BCUT2D eigenvalue weighted by atomic mass is 10.1. The van der Waals surface area contributed by atoms with Crippen LogP contribution >= 0.6 is 7.82 Å². The van der Waals surface area contributed by atoms with Gasteiger partial charge in [-0.25, -0.2) is 4.57 Å². The Hall–Kier alpha value is -4.38. The molecule has 3 unspecified atom stereocenters. The Morgan fingerprint density at radius 1 is 0.382 bits per heavy atom. The van der Waals surface area contributed by atoms with Crippen molar-refractivity contribution in [2.45, 2.75) is 226 Å². The van der Waals surface area contributed by atoms with E-state index in [1.54, 1.807) is 0 Å². The molecular formula is C64H103O11P. The molecule has 0 saturated heterocycles. The molecule has 0 radical (unpaired) electrons. The summed E-state index contributed by atoms with van der Waals surface area (Å²) in [6.07, 6.45) is 71.4. The minimum Gasteiger partial charge on any atom is -0.462 e. The Labute approximate surface area is 461 Å². The van der Waals surface area contributed by atoms with E-state index >= 15 is 0 Å². The van der Waals surface area contributed by atoms with Crippen LogP contribution in [0.5, 0.6) is 0 Å². The van der Waals surface area contributed by atoms with Gasteiger partial charge in [-0.05, 0) is 122 Å². The fourth-order valence-corrected chi connectivity index (χ4v) is 7.97. The highest BCUT2D eigenvalue weighted by molar-refractivity contribution is 7.47. The number of aliphatic hydroxyl groups excluding tert-OH is 1. The van der Waals surface area contributed by atoms with E-state index in [9.17, 15) is 28.9 Å². The maximum absolute atomic E-state index is 12.9. The zero-order valence-electron chi connectivity index (χ0n) is 47.4. The number of hydrogen-bond donors (Lipinski definition) is 2. The van der Waals surface area contributed by atoms with Gasteiger partial charge in [0.05, 0.1) is 19.8 Å². The summed E-state index contributed by atoms with van der Waals surface area (Å²) in [7, 11) is -4.79. The van der Waals surface area contributed by atoms with Gasteiger partial charge in [0.1, 0.15) is 12.7 Å². The average molecular weight is 1080 g/mol. The zero-order chi connectivity index (χ0) is 55.5. The molecule has 0 heterocycles. The molecule has 12 heteroatoms. The van der Waals surface area contributed by atoms with Gasteiger partial charge in [0.25, 0.3) is 0 Å². The summed E-state index contributed by atoms with van der Waals surface area (Å²) >= 11 is 0. The summed E-state index contributed by atoms with van der Waals surface area (Å²) in [4.78, 5) is 48.5. The lowest BCUT2D eigenvalue weighted by molar-refractivity contribution is -0.161. The Morgan fingerprint density at radius 3 is 1.14 bits per heavy atom. The first-order valence-corrected chi connectivity index (χ1v) is 30.6. The second-order valence-corrected chi connectivity index (χ2v) is 20.1. The molecule has 430 valence electrons. The maximum Gasteiger partial charge on any atom is 0.472 e. The smallest absolute Gasteiger partial charge is 0.462 e. The molecule has 0 amide bonds. The van der Waals surface area contributed by atoms with Crippen molar-refractivity contribution in [3.63, 3.8) is 0 Å². The third kappa shape index (κ3) is 54.4. The number of phosphoric ester groups is 1. The summed E-state index contributed by atoms with van der Waals surface area (Å²) < 4.78 is 39.4. The standard InChI is InChI=1S/C64H103O11P/c1-4-7-10-13-16-19-22-25-27-29-30-32-34-37-40-43-46-49-52-55-64(68)75-61(57-71-62(66)53-50-47-44-41-38-36-33-31-28-26-23-20-17-14-11-8-5-2)59-73-76(69,70)72-58-60(56-65)74-63(67)54-51-48-45-42-39-35-24-21-18-15-12-9-6-3/h7,9-10,12,16-21,25-28,30,32,35,37,39-40,46,49,60-61,65H,4-6,8,11,13-15,22-24,29,31,33-34,36,38,41-45,47-48,50-59H2,1-3H3,(H,69,70)/b10-7-,12-9-,19-16-,20-17-,21-18-,27-25-,28-26-,32-30-,39-35-,40-37-,49-46-. The highest BCUT2D eigenvalue weighted by Gasteiger charge is 2.28. The van der Waals surface area contributed by atoms with Crippen LogP contribution in [0.3, 0.4) is 0 Å². The van der Waals surface area contributed by atoms with Crippen LogP contribution in [0.25, 0.3) is 0 Å². The van der Waals surface area contributed by atoms with Crippen LogP contribution in [-0.2, 0) is 42.2 Å². The van der Waals surface area contributed by atoms with E-state index in [0.717, 1.165) is 109 Å². The lowest BCUT2D eigenvalue weighted by Gasteiger charge is -2.21. The SMILES string of the molecule is CC/C=C\C/C=C\C/C=C\C/C=C\C/C=C\C/C=C\CCC(=O)OC(COC(=O)CCCCCCCCC/C=C\C/C=C\CCCCC)COP(=O)(O)OCC(CO)OC(=O)CCCCC/C=C\C/C=C\C/C=C\CC. The molecule has 0 aromatic heterocycles. The second-order valence-electron chi connectivity index (χ2n) is 18.7. The number of hydrogen-bond acceptors (Lipinski definition) is 10. The molecule has 0 spiro atoms. The van der Waals surface area contributed by atoms with Crippen molar-refractivity contribution in [3.05, 3.63) is 134 Å². The predicted molar refractivity (Wildman–Crippen MR) is 316 cm³/mol. The number of unbranched alkanes of at least 4 members (excludes halogenated alkanes) is 13. The minimum atomic E-state index is -4.79. The van der Waals surface area contributed by atoms with Crippen LogP contribution in [0.15, 0.2) is 134 Å². The average Bonchev–Trinajstić information content (AvgIpc) is 3.41. The molecule has 0 rings (SSSR count). The Bertz CT molecular complexity index is 1780. The van der Waals surface area contributed by atoms with Crippen LogP contribution in [-0.4, -0.2) is 66.5 Å². The van der Waals surface area contributed by atoms with E-state index < -0.39 is 57.8 Å². The van der Waals surface area contributed by atoms with Gasteiger partial charge in [-0.3, -0.25) is 23.4 Å². The van der Waals surface area contributed by atoms with Crippen molar-refractivity contribution in [3.8, 4) is 0 Å². The summed E-state index contributed by atoms with van der Waals surface area (Å²) in [5, 5.41) is 9.80. The summed E-state index contributed by atoms with van der Waals surface area (Å²) in [6, 6.07) is 0. The molecule has 0 saturated carbocycles. The number of phosphoric acid groups is 1. The van der Waals surface area contributed by atoms with Crippen molar-refractivity contribution in [1.29, 1.82) is 0 Å². The lowest BCUT2D eigenvalue weighted by Crippen LogP contribution is -2.30. The van der Waals surface area contributed by atoms with E-state index in [2.05, 4.69) is 142 Å². The first-order chi connectivity index (χ1) is 37.2. The fraction of sp³-hybridized carbons (Fsp3) is 0.609. The maximum atomic E-state index is 12.9. The van der Waals surface area contributed by atoms with E-state index in [4.69, 9.17) is 23.3 Å². The van der Waals surface area contributed by atoms with E-state index in [0.29, 0.717) is 25.7 Å². The van der Waals surface area contributed by atoms with Gasteiger partial charge in [0.2, 0.25) is 0 Å². The molecule has 0 fully saturated rings. The molecule has 0 aromatic rings. The van der Waals surface area contributed by atoms with Gasteiger partial charge < -0.3 is 24.2 Å². The number of esters is 3. The largest absolute Gasteiger partial charge is 0.472 e. The third-order valence-electron chi connectivity index (χ3n) is 11.6. The van der Waals surface area contributed by atoms with Gasteiger partial charge >= 0.3 is 25.7 Å². The predicted octanol–water partition coefficient (Wildman–Crippen LogP) is 17.4. The van der Waals surface area contributed by atoms with E-state index in [1.165, 1.54) is 38.5 Å². The fourth-order valence-electron chi connectivity index (χ4n) is 7.19. The summed E-state index contributed by atoms with van der Waals surface area (Å²) in [5.74, 6) is -1.62. The van der Waals surface area contributed by atoms with Gasteiger partial charge in [0, 0.05) is 19.3 Å². The van der Waals surface area contributed by atoms with Gasteiger partial charge in [0.15, 0.2) is 6.10 Å². The minimum absolute atomic E-state index is 0.0312. The van der Waals surface area contributed by atoms with Crippen LogP contribution in [0, 0.1) is 0 Å². The number of aliphatic hydroxyl groups is 1. The Kier molecular flexibility index (Phi) is 53.5. The number of carbonyl (C=O) groups excluding carboxylic acids is 3. The van der Waals surface area contributed by atoms with Crippen molar-refractivity contribution in [2.75, 3.05) is 26.4 Å². The quantitative estimate of drug-likeness (QED) is 0.0197. The highest BCUT2D eigenvalue weighted by Crippen LogP contribution is 2.43. The van der Waals surface area contributed by atoms with Gasteiger partial charge in [-0.1, -0.05) is 206 Å². The van der Waals surface area contributed by atoms with Crippen molar-refractivity contribution < 1.29 is 52.2 Å². The van der Waals surface area contributed by atoms with Crippen LogP contribution in [0.2, 0.25) is 0 Å². The normalized spacial score (nSPS) is 14.3. The summed E-state index contributed by atoms with van der Waals surface area (Å²) in [5.41, 5.74) is 0. The van der Waals surface area contributed by atoms with E-state index in [1.807, 2.05) is 12.2 Å².